The summed E-state index contributed by atoms with van der Waals surface area (Å²) in [6.07, 6.45) is 2.29. The first-order valence-electron chi connectivity index (χ1n) is 5.03. The van der Waals surface area contributed by atoms with Gasteiger partial charge in [0.25, 0.3) is 0 Å². The summed E-state index contributed by atoms with van der Waals surface area (Å²) < 4.78 is 0. The quantitative estimate of drug-likeness (QED) is 0.382. The molecule has 0 atom stereocenters. The van der Waals surface area contributed by atoms with Crippen LogP contribution < -0.4 is 37.2 Å². The van der Waals surface area contributed by atoms with E-state index in [-0.39, 0.29) is 58.9 Å². The number of hydrogen-bond donors (Lipinski definition) is 0. The van der Waals surface area contributed by atoms with Crippen LogP contribution in [0.15, 0.2) is 30.3 Å². The Hall–Kier alpha value is 0.414. The summed E-state index contributed by atoms with van der Waals surface area (Å²) >= 11 is 0. The maximum absolute atomic E-state index is 2.27. The van der Waals surface area contributed by atoms with Crippen molar-refractivity contribution < 1.29 is 58.9 Å². The fourth-order valence-corrected chi connectivity index (χ4v) is 2.07. The van der Waals surface area contributed by atoms with E-state index in [1.165, 1.54) is 21.9 Å². The number of hydrogen-bond acceptors (Lipinski definition) is 0. The van der Waals surface area contributed by atoms with Gasteiger partial charge >= 0.3 is 21.7 Å². The van der Waals surface area contributed by atoms with Gasteiger partial charge < -0.3 is 37.2 Å². The molecule has 0 nitrogen and oxygen atoms in total. The predicted octanol–water partition coefficient (Wildman–Crippen LogP) is -5.31. The standard InChI is InChI=1S/C13H15.3ClH.Ti/c1-3-10-8-9-11-6-5-7-13(11)12(10)4-2;;;;/h5-9H,3-4H2,1-2H3;3*1H;/q-1;;;;+4/p-3. The van der Waals surface area contributed by atoms with E-state index in [1.807, 2.05) is 0 Å². The minimum Gasteiger partial charge on any atom is -1.00 e. The van der Waals surface area contributed by atoms with E-state index < -0.39 is 0 Å². The van der Waals surface area contributed by atoms with E-state index in [0.717, 1.165) is 12.8 Å². The van der Waals surface area contributed by atoms with Gasteiger partial charge in [-0.25, -0.2) is 0 Å². The summed E-state index contributed by atoms with van der Waals surface area (Å²) in [5.41, 5.74) is 3.03. The molecule has 0 amide bonds. The number of benzene rings is 1. The normalized spacial score (nSPS) is 8.35. The van der Waals surface area contributed by atoms with Gasteiger partial charge in [-0.1, -0.05) is 25.0 Å². The molecule has 0 aromatic heterocycles. The zero-order chi connectivity index (χ0) is 9.26. The molecule has 0 saturated heterocycles. The Kier molecular flexibility index (Phi) is 13.7. The predicted molar refractivity (Wildman–Crippen MR) is 58.3 cm³/mol. The Morgan fingerprint density at radius 1 is 0.941 bits per heavy atom. The molecule has 0 aliphatic heterocycles. The van der Waals surface area contributed by atoms with Crippen molar-refractivity contribution in [2.45, 2.75) is 26.7 Å². The fraction of sp³-hybridized carbons (Fsp3) is 0.308. The minimum absolute atomic E-state index is 0. The van der Waals surface area contributed by atoms with Gasteiger partial charge in [0.2, 0.25) is 0 Å². The van der Waals surface area contributed by atoms with Crippen molar-refractivity contribution in [2.75, 3.05) is 0 Å². The van der Waals surface area contributed by atoms with Crippen LogP contribution in [-0.4, -0.2) is 0 Å². The third-order valence-corrected chi connectivity index (χ3v) is 2.76. The molecule has 0 bridgehead atoms. The molecule has 2 rings (SSSR count). The van der Waals surface area contributed by atoms with Crippen LogP contribution in [0.2, 0.25) is 0 Å². The second kappa shape index (κ2) is 10.3. The second-order valence-corrected chi connectivity index (χ2v) is 3.44. The molecule has 2 aromatic rings. The molecule has 92 valence electrons. The molecule has 0 fully saturated rings. The number of aryl methyl sites for hydroxylation is 2. The van der Waals surface area contributed by atoms with Crippen molar-refractivity contribution in [1.29, 1.82) is 0 Å². The summed E-state index contributed by atoms with van der Waals surface area (Å²) in [6.45, 7) is 4.46. The Balaban J connectivity index is -0.000000490. The first kappa shape index (κ1) is 22.6. The molecule has 0 N–H and O–H groups in total. The average molecular weight is 325 g/mol. The number of fused-ring (bicyclic) bond motifs is 1. The molecule has 0 saturated carbocycles. The first-order chi connectivity index (χ1) is 6.36. The summed E-state index contributed by atoms with van der Waals surface area (Å²) in [5, 5.41) is 2.83. The molecule has 0 spiro atoms. The van der Waals surface area contributed by atoms with Gasteiger partial charge in [-0.2, -0.15) is 12.1 Å². The molecule has 2 aromatic carbocycles. The van der Waals surface area contributed by atoms with Gasteiger partial charge in [0.1, 0.15) is 0 Å². The maximum Gasteiger partial charge on any atom is 4.00 e. The van der Waals surface area contributed by atoms with Crippen LogP contribution in [0.1, 0.15) is 25.0 Å². The van der Waals surface area contributed by atoms with Crippen LogP contribution in [0.5, 0.6) is 0 Å². The van der Waals surface area contributed by atoms with Crippen LogP contribution in [0, 0.1) is 0 Å². The zero-order valence-electron chi connectivity index (χ0n) is 9.93. The van der Waals surface area contributed by atoms with Crippen molar-refractivity contribution in [3.8, 4) is 0 Å². The summed E-state index contributed by atoms with van der Waals surface area (Å²) in [5.74, 6) is 0. The van der Waals surface area contributed by atoms with Gasteiger partial charge in [0.15, 0.2) is 0 Å². The second-order valence-electron chi connectivity index (χ2n) is 3.44. The van der Waals surface area contributed by atoms with Crippen LogP contribution in [0.3, 0.4) is 0 Å². The van der Waals surface area contributed by atoms with Gasteiger partial charge in [-0.15, -0.1) is 29.0 Å². The monoisotopic (exact) mass is 324 g/mol. The Morgan fingerprint density at radius 3 is 2.12 bits per heavy atom. The van der Waals surface area contributed by atoms with Crippen LogP contribution >= 0.6 is 0 Å². The maximum atomic E-state index is 2.27. The topological polar surface area (TPSA) is 0 Å². The fourth-order valence-electron chi connectivity index (χ4n) is 2.07. The van der Waals surface area contributed by atoms with E-state index in [1.54, 1.807) is 0 Å². The molecular weight excluding hydrogens is 310 g/mol. The Bertz CT molecular complexity index is 424. The zero-order valence-corrected chi connectivity index (χ0v) is 13.8. The van der Waals surface area contributed by atoms with E-state index in [2.05, 4.69) is 44.2 Å². The number of rotatable bonds is 2. The third-order valence-electron chi connectivity index (χ3n) is 2.76. The molecule has 0 heterocycles. The van der Waals surface area contributed by atoms with Crippen LogP contribution in [-0.2, 0) is 34.6 Å². The minimum atomic E-state index is 0. The van der Waals surface area contributed by atoms with Crippen molar-refractivity contribution in [3.05, 3.63) is 41.5 Å². The van der Waals surface area contributed by atoms with E-state index in [4.69, 9.17) is 0 Å². The Labute approximate surface area is 137 Å². The summed E-state index contributed by atoms with van der Waals surface area (Å²) in [6, 6.07) is 11.1. The number of halogens is 3. The van der Waals surface area contributed by atoms with Crippen molar-refractivity contribution >= 4 is 10.8 Å². The molecule has 17 heavy (non-hydrogen) atoms. The molecule has 0 radical (unpaired) electrons. The molecule has 0 aliphatic rings. The first-order valence-corrected chi connectivity index (χ1v) is 5.03. The van der Waals surface area contributed by atoms with E-state index in [0.29, 0.717) is 0 Å². The third kappa shape index (κ3) is 4.54. The average Bonchev–Trinajstić information content (AvgIpc) is 2.63. The van der Waals surface area contributed by atoms with Crippen molar-refractivity contribution in [1.82, 2.24) is 0 Å². The van der Waals surface area contributed by atoms with E-state index >= 15 is 0 Å². The van der Waals surface area contributed by atoms with Gasteiger partial charge in [-0.05, 0) is 12.8 Å². The van der Waals surface area contributed by atoms with Gasteiger partial charge in [0.05, 0.1) is 0 Å². The molecule has 0 aliphatic carbocycles. The summed E-state index contributed by atoms with van der Waals surface area (Å²) in [4.78, 5) is 0. The van der Waals surface area contributed by atoms with Gasteiger partial charge in [0, 0.05) is 0 Å². The van der Waals surface area contributed by atoms with Crippen molar-refractivity contribution in [2.24, 2.45) is 0 Å². The SMILES string of the molecule is CCc1ccc2[cH-]ccc2c1CC.[Cl-].[Cl-].[Cl-].[Ti+4]. The van der Waals surface area contributed by atoms with Crippen LogP contribution in [0.25, 0.3) is 10.8 Å². The molecular formula is C13H15Cl3Ti. The van der Waals surface area contributed by atoms with Crippen LogP contribution in [0.4, 0.5) is 0 Å². The van der Waals surface area contributed by atoms with Crippen molar-refractivity contribution in [3.63, 3.8) is 0 Å². The smallest absolute Gasteiger partial charge is 1.00 e. The molecule has 4 heteroatoms. The summed E-state index contributed by atoms with van der Waals surface area (Å²) in [7, 11) is 0. The molecule has 0 unspecified atom stereocenters. The van der Waals surface area contributed by atoms with E-state index in [9.17, 15) is 0 Å². The largest absolute Gasteiger partial charge is 4.00 e. The van der Waals surface area contributed by atoms with Gasteiger partial charge in [-0.3, -0.25) is 0 Å². The Morgan fingerprint density at radius 2 is 1.59 bits per heavy atom.